The predicted octanol–water partition coefficient (Wildman–Crippen LogP) is 2.49. The lowest BCUT2D eigenvalue weighted by Gasteiger charge is -2.33. The summed E-state index contributed by atoms with van der Waals surface area (Å²) in [6.07, 6.45) is 4.52. The third-order valence-electron chi connectivity index (χ3n) is 5.19. The SMILES string of the molecule is CCNC(=O)C1CCN(CC(C)Cc2ccnc(C(=O)NCC(C)C)c2)CC1. The molecule has 2 heterocycles. The van der Waals surface area contributed by atoms with Crippen LogP contribution in [0.5, 0.6) is 0 Å². The number of rotatable bonds is 9. The maximum absolute atomic E-state index is 12.2. The van der Waals surface area contributed by atoms with Crippen LogP contribution in [-0.2, 0) is 11.2 Å². The molecule has 1 atom stereocenters. The smallest absolute Gasteiger partial charge is 0.269 e. The van der Waals surface area contributed by atoms with Crippen molar-refractivity contribution in [3.63, 3.8) is 0 Å². The van der Waals surface area contributed by atoms with Crippen LogP contribution >= 0.6 is 0 Å². The lowest BCUT2D eigenvalue weighted by Crippen LogP contribution is -2.42. The number of carbonyl (C=O) groups is 2. The summed E-state index contributed by atoms with van der Waals surface area (Å²) in [6, 6.07) is 3.91. The topological polar surface area (TPSA) is 74.3 Å². The second kappa shape index (κ2) is 11.1. The first kappa shape index (κ1) is 22.3. The molecule has 1 unspecified atom stereocenters. The van der Waals surface area contributed by atoms with Gasteiger partial charge in [0.2, 0.25) is 5.91 Å². The Balaban J connectivity index is 1.80. The monoisotopic (exact) mass is 388 g/mol. The Labute approximate surface area is 169 Å². The predicted molar refractivity (Wildman–Crippen MR) is 112 cm³/mol. The quantitative estimate of drug-likeness (QED) is 0.682. The molecule has 1 fully saturated rings. The Hall–Kier alpha value is -1.95. The first-order chi connectivity index (χ1) is 13.4. The Bertz CT molecular complexity index is 639. The number of amides is 2. The minimum absolute atomic E-state index is 0.101. The van der Waals surface area contributed by atoms with E-state index >= 15 is 0 Å². The molecule has 0 aromatic carbocycles. The van der Waals surface area contributed by atoms with E-state index in [2.05, 4.69) is 41.3 Å². The van der Waals surface area contributed by atoms with E-state index in [-0.39, 0.29) is 17.7 Å². The Morgan fingerprint density at radius 1 is 1.21 bits per heavy atom. The minimum Gasteiger partial charge on any atom is -0.356 e. The highest BCUT2D eigenvalue weighted by atomic mass is 16.2. The standard InChI is InChI=1S/C22H36N4O2/c1-5-23-21(27)19-7-10-26(11-8-19)15-17(4)12-18-6-9-24-20(13-18)22(28)25-14-16(2)3/h6,9,13,16-17,19H,5,7-8,10-12,14-15H2,1-4H3,(H,23,27)(H,25,28). The molecule has 2 N–H and O–H groups in total. The molecule has 1 aliphatic rings. The number of hydrogen-bond acceptors (Lipinski definition) is 4. The molecule has 6 nitrogen and oxygen atoms in total. The molecule has 1 saturated heterocycles. The van der Waals surface area contributed by atoms with Crippen molar-refractivity contribution < 1.29 is 9.59 Å². The summed E-state index contributed by atoms with van der Waals surface area (Å²) < 4.78 is 0. The van der Waals surface area contributed by atoms with Crippen LogP contribution < -0.4 is 10.6 Å². The Morgan fingerprint density at radius 3 is 2.57 bits per heavy atom. The molecule has 6 heteroatoms. The zero-order chi connectivity index (χ0) is 20.5. The third-order valence-corrected chi connectivity index (χ3v) is 5.19. The van der Waals surface area contributed by atoms with E-state index in [1.165, 1.54) is 0 Å². The van der Waals surface area contributed by atoms with Gasteiger partial charge in [-0.05, 0) is 68.8 Å². The fraction of sp³-hybridized carbons (Fsp3) is 0.682. The van der Waals surface area contributed by atoms with Crippen molar-refractivity contribution in [3.8, 4) is 0 Å². The number of pyridine rings is 1. The van der Waals surface area contributed by atoms with Gasteiger partial charge in [0, 0.05) is 31.7 Å². The number of nitrogens with zero attached hydrogens (tertiary/aromatic N) is 2. The van der Waals surface area contributed by atoms with Crippen LogP contribution in [-0.4, -0.2) is 54.4 Å². The largest absolute Gasteiger partial charge is 0.356 e. The zero-order valence-electron chi connectivity index (χ0n) is 17.8. The molecule has 1 aromatic rings. The normalized spacial score (nSPS) is 16.8. The van der Waals surface area contributed by atoms with E-state index < -0.39 is 0 Å². The number of likely N-dealkylation sites (tertiary alicyclic amines) is 1. The first-order valence-electron chi connectivity index (χ1n) is 10.6. The molecule has 2 rings (SSSR count). The van der Waals surface area contributed by atoms with Gasteiger partial charge < -0.3 is 15.5 Å². The van der Waals surface area contributed by atoms with Crippen molar-refractivity contribution in [2.45, 2.75) is 47.0 Å². The third kappa shape index (κ3) is 7.23. The van der Waals surface area contributed by atoms with Gasteiger partial charge >= 0.3 is 0 Å². The number of carbonyl (C=O) groups excluding carboxylic acids is 2. The molecule has 156 valence electrons. The van der Waals surface area contributed by atoms with Crippen LogP contribution in [0.25, 0.3) is 0 Å². The van der Waals surface area contributed by atoms with Crippen molar-refractivity contribution in [1.82, 2.24) is 20.5 Å². The van der Waals surface area contributed by atoms with E-state index in [0.29, 0.717) is 30.6 Å². The molecule has 1 aromatic heterocycles. The minimum atomic E-state index is -0.101. The summed E-state index contributed by atoms with van der Waals surface area (Å²) in [4.78, 5) is 30.9. The number of aromatic nitrogens is 1. The fourth-order valence-electron chi connectivity index (χ4n) is 3.72. The molecular weight excluding hydrogens is 352 g/mol. The van der Waals surface area contributed by atoms with Gasteiger partial charge in [-0.3, -0.25) is 14.6 Å². The lowest BCUT2D eigenvalue weighted by molar-refractivity contribution is -0.126. The van der Waals surface area contributed by atoms with Crippen molar-refractivity contribution in [2.24, 2.45) is 17.8 Å². The van der Waals surface area contributed by atoms with Gasteiger partial charge in [0.25, 0.3) is 5.91 Å². The van der Waals surface area contributed by atoms with E-state index in [9.17, 15) is 9.59 Å². The molecule has 0 radical (unpaired) electrons. The summed E-state index contributed by atoms with van der Waals surface area (Å²) in [6.45, 7) is 12.7. The second-order valence-electron chi connectivity index (χ2n) is 8.43. The molecule has 0 bridgehead atoms. The molecule has 1 aliphatic heterocycles. The first-order valence-corrected chi connectivity index (χ1v) is 10.6. The average Bonchev–Trinajstić information content (AvgIpc) is 2.67. The molecule has 0 spiro atoms. The van der Waals surface area contributed by atoms with Crippen LogP contribution in [0.1, 0.15) is 56.6 Å². The highest BCUT2D eigenvalue weighted by Crippen LogP contribution is 2.19. The molecule has 0 saturated carbocycles. The maximum Gasteiger partial charge on any atom is 0.269 e. The van der Waals surface area contributed by atoms with Crippen molar-refractivity contribution in [3.05, 3.63) is 29.6 Å². The van der Waals surface area contributed by atoms with E-state index in [1.54, 1.807) is 6.20 Å². The van der Waals surface area contributed by atoms with Gasteiger partial charge in [0.05, 0.1) is 0 Å². The highest BCUT2D eigenvalue weighted by Gasteiger charge is 2.25. The van der Waals surface area contributed by atoms with Crippen LogP contribution in [0.4, 0.5) is 0 Å². The van der Waals surface area contributed by atoms with Gasteiger partial charge in [0.15, 0.2) is 0 Å². The van der Waals surface area contributed by atoms with Crippen molar-refractivity contribution in [1.29, 1.82) is 0 Å². The summed E-state index contributed by atoms with van der Waals surface area (Å²) in [5, 5.41) is 5.86. The van der Waals surface area contributed by atoms with Crippen LogP contribution in [0, 0.1) is 17.8 Å². The van der Waals surface area contributed by atoms with Gasteiger partial charge in [-0.2, -0.15) is 0 Å². The van der Waals surface area contributed by atoms with Crippen LogP contribution in [0.3, 0.4) is 0 Å². The highest BCUT2D eigenvalue weighted by molar-refractivity contribution is 5.92. The van der Waals surface area contributed by atoms with Crippen molar-refractivity contribution in [2.75, 3.05) is 32.7 Å². The molecule has 0 aliphatic carbocycles. The average molecular weight is 389 g/mol. The van der Waals surface area contributed by atoms with E-state index in [1.807, 2.05) is 19.1 Å². The maximum atomic E-state index is 12.2. The number of nitrogens with one attached hydrogen (secondary N) is 2. The Morgan fingerprint density at radius 2 is 1.93 bits per heavy atom. The summed E-state index contributed by atoms with van der Waals surface area (Å²) >= 11 is 0. The molecular formula is C22H36N4O2. The van der Waals surface area contributed by atoms with Crippen LogP contribution in [0.15, 0.2) is 18.3 Å². The number of hydrogen-bond donors (Lipinski definition) is 2. The fourth-order valence-corrected chi connectivity index (χ4v) is 3.72. The molecule has 2 amide bonds. The van der Waals surface area contributed by atoms with Gasteiger partial charge in [-0.1, -0.05) is 20.8 Å². The summed E-state index contributed by atoms with van der Waals surface area (Å²) in [5.74, 6) is 1.17. The number of piperidine rings is 1. The van der Waals surface area contributed by atoms with E-state index in [0.717, 1.165) is 44.5 Å². The zero-order valence-corrected chi connectivity index (χ0v) is 17.8. The molecule has 28 heavy (non-hydrogen) atoms. The van der Waals surface area contributed by atoms with Crippen LogP contribution in [0.2, 0.25) is 0 Å². The summed E-state index contributed by atoms with van der Waals surface area (Å²) in [7, 11) is 0. The van der Waals surface area contributed by atoms with Gasteiger partial charge in [0.1, 0.15) is 5.69 Å². The second-order valence-corrected chi connectivity index (χ2v) is 8.43. The Kier molecular flexibility index (Phi) is 8.90. The van der Waals surface area contributed by atoms with E-state index in [4.69, 9.17) is 0 Å². The van der Waals surface area contributed by atoms with Gasteiger partial charge in [-0.25, -0.2) is 0 Å². The summed E-state index contributed by atoms with van der Waals surface area (Å²) in [5.41, 5.74) is 1.64. The van der Waals surface area contributed by atoms with Crippen molar-refractivity contribution >= 4 is 11.8 Å². The van der Waals surface area contributed by atoms with Gasteiger partial charge in [-0.15, -0.1) is 0 Å². The lowest BCUT2D eigenvalue weighted by atomic mass is 9.94.